The number of hydrogen-bond acceptors (Lipinski definition) is 3. The fourth-order valence-electron chi connectivity index (χ4n) is 1.86. The second-order valence-corrected chi connectivity index (χ2v) is 3.54. The molecule has 0 spiro atoms. The molecule has 3 atom stereocenters. The number of ether oxygens (including phenoxy) is 2. The molecule has 3 nitrogen and oxygen atoms in total. The van der Waals surface area contributed by atoms with Gasteiger partial charge in [0.25, 0.3) is 0 Å². The van der Waals surface area contributed by atoms with E-state index in [1.807, 2.05) is 0 Å². The topological polar surface area (TPSA) is 35.5 Å². The average molecular weight is 196 g/mol. The summed E-state index contributed by atoms with van der Waals surface area (Å²) in [4.78, 5) is 10.6. The van der Waals surface area contributed by atoms with Crippen LogP contribution < -0.4 is 0 Å². The van der Waals surface area contributed by atoms with Gasteiger partial charge in [-0.3, -0.25) is 0 Å². The molecule has 0 aromatic carbocycles. The van der Waals surface area contributed by atoms with Crippen molar-refractivity contribution in [2.75, 3.05) is 13.7 Å². The van der Waals surface area contributed by atoms with Crippen LogP contribution in [0.5, 0.6) is 0 Å². The van der Waals surface area contributed by atoms with Gasteiger partial charge in [0, 0.05) is 13.0 Å². The Morgan fingerprint density at radius 3 is 2.86 bits per heavy atom. The van der Waals surface area contributed by atoms with E-state index in [0.29, 0.717) is 0 Å². The van der Waals surface area contributed by atoms with Crippen molar-refractivity contribution in [1.29, 1.82) is 0 Å². The molecule has 0 saturated heterocycles. The summed E-state index contributed by atoms with van der Waals surface area (Å²) in [5, 5.41) is 0. The predicted molar refractivity (Wildman–Crippen MR) is 52.8 cm³/mol. The molecule has 1 fully saturated rings. The lowest BCUT2D eigenvalue weighted by Crippen LogP contribution is -2.37. The van der Waals surface area contributed by atoms with E-state index < -0.39 is 0 Å². The highest BCUT2D eigenvalue weighted by atomic mass is 16.5. The van der Waals surface area contributed by atoms with Crippen LogP contribution in [0.2, 0.25) is 0 Å². The first-order valence-electron chi connectivity index (χ1n) is 4.85. The zero-order valence-corrected chi connectivity index (χ0v) is 8.44. The van der Waals surface area contributed by atoms with E-state index in [2.05, 4.69) is 5.92 Å². The molecule has 1 saturated carbocycles. The summed E-state index contributed by atoms with van der Waals surface area (Å²) in [6.45, 7) is 0.288. The fourth-order valence-corrected chi connectivity index (χ4v) is 1.86. The predicted octanol–water partition coefficient (Wildman–Crippen LogP) is 1.02. The molecule has 0 radical (unpaired) electrons. The van der Waals surface area contributed by atoms with Gasteiger partial charge in [-0.25, -0.2) is 0 Å². The second-order valence-electron chi connectivity index (χ2n) is 3.54. The summed E-state index contributed by atoms with van der Waals surface area (Å²) in [5.41, 5.74) is 0. The van der Waals surface area contributed by atoms with E-state index in [1.54, 1.807) is 7.11 Å². The molecule has 0 heterocycles. The van der Waals surface area contributed by atoms with Crippen molar-refractivity contribution in [3.05, 3.63) is 0 Å². The third kappa shape index (κ3) is 2.83. The van der Waals surface area contributed by atoms with Crippen LogP contribution in [-0.2, 0) is 14.3 Å². The summed E-state index contributed by atoms with van der Waals surface area (Å²) in [6, 6.07) is 0. The Morgan fingerprint density at radius 2 is 2.29 bits per heavy atom. The Labute approximate surface area is 84.8 Å². The zero-order valence-electron chi connectivity index (χ0n) is 8.44. The van der Waals surface area contributed by atoms with E-state index in [1.165, 1.54) is 0 Å². The van der Waals surface area contributed by atoms with Gasteiger partial charge in [-0.15, -0.1) is 6.42 Å². The SMILES string of the molecule is C#CCOC1CC(C=O)CCC1OC. The Balaban J connectivity index is 2.47. The van der Waals surface area contributed by atoms with Gasteiger partial charge in [0.2, 0.25) is 0 Å². The van der Waals surface area contributed by atoms with Gasteiger partial charge in [0.05, 0.1) is 12.2 Å². The number of hydrogen-bond donors (Lipinski definition) is 0. The van der Waals surface area contributed by atoms with Crippen LogP contribution in [0.1, 0.15) is 19.3 Å². The molecule has 1 rings (SSSR count). The van der Waals surface area contributed by atoms with Crippen LogP contribution in [0.25, 0.3) is 0 Å². The summed E-state index contributed by atoms with van der Waals surface area (Å²) in [7, 11) is 1.66. The monoisotopic (exact) mass is 196 g/mol. The molecule has 0 aromatic rings. The lowest BCUT2D eigenvalue weighted by atomic mass is 9.86. The molecule has 0 N–H and O–H groups in total. The van der Waals surface area contributed by atoms with Crippen molar-refractivity contribution in [2.24, 2.45) is 5.92 Å². The highest BCUT2D eigenvalue weighted by molar-refractivity contribution is 5.53. The average Bonchev–Trinajstić information content (AvgIpc) is 2.25. The van der Waals surface area contributed by atoms with Gasteiger partial charge in [-0.05, 0) is 19.3 Å². The number of methoxy groups -OCH3 is 1. The molecule has 3 unspecified atom stereocenters. The van der Waals surface area contributed by atoms with Crippen LogP contribution >= 0.6 is 0 Å². The molecule has 1 aliphatic rings. The molecule has 3 heteroatoms. The summed E-state index contributed by atoms with van der Waals surface area (Å²) in [6.07, 6.45) is 8.65. The molecule has 0 amide bonds. The van der Waals surface area contributed by atoms with Crippen LogP contribution in [0, 0.1) is 18.3 Å². The van der Waals surface area contributed by atoms with Gasteiger partial charge < -0.3 is 14.3 Å². The number of terminal acetylenes is 1. The minimum atomic E-state index is -0.0278. The maximum absolute atomic E-state index is 10.6. The molecule has 0 aromatic heterocycles. The second kappa shape index (κ2) is 5.79. The van der Waals surface area contributed by atoms with Crippen LogP contribution in [-0.4, -0.2) is 32.2 Å². The number of aldehydes is 1. The third-order valence-corrected chi connectivity index (χ3v) is 2.65. The first-order chi connectivity index (χ1) is 6.81. The Kier molecular flexibility index (Phi) is 4.64. The first kappa shape index (κ1) is 11.2. The van der Waals surface area contributed by atoms with Gasteiger partial charge in [0.1, 0.15) is 12.9 Å². The van der Waals surface area contributed by atoms with Crippen LogP contribution in [0.15, 0.2) is 0 Å². The minimum Gasteiger partial charge on any atom is -0.379 e. The largest absolute Gasteiger partial charge is 0.379 e. The smallest absolute Gasteiger partial charge is 0.123 e. The highest BCUT2D eigenvalue weighted by Gasteiger charge is 2.30. The zero-order chi connectivity index (χ0) is 10.4. The highest BCUT2D eigenvalue weighted by Crippen LogP contribution is 2.27. The van der Waals surface area contributed by atoms with E-state index in [-0.39, 0.29) is 24.7 Å². The van der Waals surface area contributed by atoms with Crippen LogP contribution in [0.4, 0.5) is 0 Å². The summed E-state index contributed by atoms with van der Waals surface area (Å²) in [5.74, 6) is 2.53. The van der Waals surface area contributed by atoms with Crippen LogP contribution in [0.3, 0.4) is 0 Å². The Bertz CT molecular complexity index is 219. The maximum atomic E-state index is 10.6. The van der Waals surface area contributed by atoms with Gasteiger partial charge in [-0.1, -0.05) is 5.92 Å². The van der Waals surface area contributed by atoms with Crippen molar-refractivity contribution in [3.8, 4) is 12.3 Å². The van der Waals surface area contributed by atoms with Crippen molar-refractivity contribution >= 4 is 6.29 Å². The summed E-state index contributed by atoms with van der Waals surface area (Å²) >= 11 is 0. The molecule has 14 heavy (non-hydrogen) atoms. The van der Waals surface area contributed by atoms with Gasteiger partial charge >= 0.3 is 0 Å². The maximum Gasteiger partial charge on any atom is 0.123 e. The molecule has 78 valence electrons. The van der Waals surface area contributed by atoms with Crippen molar-refractivity contribution < 1.29 is 14.3 Å². The standard InChI is InChI=1S/C11H16O3/c1-3-6-14-11-7-9(8-12)4-5-10(11)13-2/h1,8-11H,4-7H2,2H3. The van der Waals surface area contributed by atoms with Gasteiger partial charge in [-0.2, -0.15) is 0 Å². The minimum absolute atomic E-state index is 0.0278. The molecule has 0 aliphatic heterocycles. The fraction of sp³-hybridized carbons (Fsp3) is 0.727. The third-order valence-electron chi connectivity index (χ3n) is 2.65. The molecular formula is C11H16O3. The molecular weight excluding hydrogens is 180 g/mol. The van der Waals surface area contributed by atoms with Crippen molar-refractivity contribution in [3.63, 3.8) is 0 Å². The number of carbonyl (C=O) groups excluding carboxylic acids is 1. The number of rotatable bonds is 4. The summed E-state index contributed by atoms with van der Waals surface area (Å²) < 4.78 is 10.7. The van der Waals surface area contributed by atoms with E-state index >= 15 is 0 Å². The lowest BCUT2D eigenvalue weighted by molar-refractivity contribution is -0.119. The van der Waals surface area contributed by atoms with Crippen molar-refractivity contribution in [2.45, 2.75) is 31.5 Å². The molecule has 0 bridgehead atoms. The van der Waals surface area contributed by atoms with E-state index in [0.717, 1.165) is 25.5 Å². The first-order valence-corrected chi connectivity index (χ1v) is 4.85. The number of carbonyl (C=O) groups is 1. The Morgan fingerprint density at radius 1 is 1.50 bits per heavy atom. The normalized spacial score (nSPS) is 32.1. The van der Waals surface area contributed by atoms with Crippen molar-refractivity contribution in [1.82, 2.24) is 0 Å². The van der Waals surface area contributed by atoms with E-state index in [4.69, 9.17) is 15.9 Å². The van der Waals surface area contributed by atoms with Gasteiger partial charge in [0.15, 0.2) is 0 Å². The Hall–Kier alpha value is -0.850. The quantitative estimate of drug-likeness (QED) is 0.497. The lowest BCUT2D eigenvalue weighted by Gasteiger charge is -2.32. The molecule has 1 aliphatic carbocycles. The van der Waals surface area contributed by atoms with E-state index in [9.17, 15) is 4.79 Å².